The maximum atomic E-state index is 12.5. The summed E-state index contributed by atoms with van der Waals surface area (Å²) in [7, 11) is 0. The molecule has 0 unspecified atom stereocenters. The van der Waals surface area contributed by atoms with Crippen LogP contribution in [0.15, 0.2) is 85.5 Å². The highest BCUT2D eigenvalue weighted by atomic mass is 16.5. The number of allylic oxidation sites excluding steroid dienone is 1. The van der Waals surface area contributed by atoms with E-state index in [-0.39, 0.29) is 5.97 Å². The summed E-state index contributed by atoms with van der Waals surface area (Å²) in [5.74, 6) is 1.74. The Morgan fingerprint density at radius 3 is 1.82 bits per heavy atom. The average Bonchev–Trinajstić information content (AvgIpc) is 2.86. The smallest absolute Gasteiger partial charge is 0.343 e. The van der Waals surface area contributed by atoms with Crippen LogP contribution in [0.2, 0.25) is 0 Å². The molecule has 3 aromatic rings. The van der Waals surface area contributed by atoms with Gasteiger partial charge in [-0.25, -0.2) is 4.79 Å². The number of hydrogen-bond donors (Lipinski definition) is 0. The monoisotopic (exact) mass is 444 g/mol. The summed E-state index contributed by atoms with van der Waals surface area (Å²) in [5, 5.41) is 0. The van der Waals surface area contributed by atoms with Gasteiger partial charge in [-0.1, -0.05) is 43.7 Å². The molecule has 0 saturated heterocycles. The van der Waals surface area contributed by atoms with Gasteiger partial charge in [-0.2, -0.15) is 0 Å². The first-order chi connectivity index (χ1) is 16.2. The van der Waals surface area contributed by atoms with Crippen LogP contribution in [0, 0.1) is 0 Å². The highest BCUT2D eigenvalue weighted by molar-refractivity contribution is 5.91. The lowest BCUT2D eigenvalue weighted by Gasteiger charge is -2.09. The van der Waals surface area contributed by atoms with Crippen molar-refractivity contribution in [3.8, 4) is 28.4 Å². The quantitative estimate of drug-likeness (QED) is 0.119. The van der Waals surface area contributed by atoms with Crippen LogP contribution in [0.4, 0.5) is 0 Å². The molecule has 0 fully saturated rings. The minimum Gasteiger partial charge on any atom is -0.494 e. The molecule has 0 amide bonds. The van der Waals surface area contributed by atoms with E-state index in [2.05, 4.69) is 13.5 Å². The van der Waals surface area contributed by atoms with E-state index < -0.39 is 0 Å². The predicted octanol–water partition coefficient (Wildman–Crippen LogP) is 7.49. The van der Waals surface area contributed by atoms with Gasteiger partial charge in [-0.05, 0) is 85.3 Å². The number of esters is 1. The lowest BCUT2D eigenvalue weighted by atomic mass is 10.0. The van der Waals surface area contributed by atoms with E-state index in [4.69, 9.17) is 14.2 Å². The average molecular weight is 445 g/mol. The fraction of sp³-hybridized carbons (Fsp3) is 0.276. The van der Waals surface area contributed by atoms with Crippen molar-refractivity contribution in [3.63, 3.8) is 0 Å². The Kier molecular flexibility index (Phi) is 9.59. The van der Waals surface area contributed by atoms with Crippen LogP contribution in [0.1, 0.15) is 49.4 Å². The van der Waals surface area contributed by atoms with E-state index in [1.807, 2.05) is 54.6 Å². The zero-order valence-corrected chi connectivity index (χ0v) is 19.3. The molecule has 4 nitrogen and oxygen atoms in total. The van der Waals surface area contributed by atoms with Gasteiger partial charge in [-0.3, -0.25) is 0 Å². The Bertz CT molecular complexity index is 989. The molecule has 0 aliphatic rings. The van der Waals surface area contributed by atoms with Gasteiger partial charge in [0, 0.05) is 0 Å². The minimum atomic E-state index is -0.388. The molecule has 0 aromatic heterocycles. The van der Waals surface area contributed by atoms with Crippen LogP contribution in [-0.2, 0) is 0 Å². The number of carbonyl (C=O) groups is 1. The van der Waals surface area contributed by atoms with E-state index >= 15 is 0 Å². The first-order valence-corrected chi connectivity index (χ1v) is 11.6. The zero-order chi connectivity index (χ0) is 23.3. The molecule has 0 N–H and O–H groups in total. The number of rotatable bonds is 13. The molecule has 0 aliphatic carbocycles. The third-order valence-corrected chi connectivity index (χ3v) is 5.18. The second kappa shape index (κ2) is 13.1. The molecule has 3 aromatic carbocycles. The van der Waals surface area contributed by atoms with Gasteiger partial charge in [-0.15, -0.1) is 6.58 Å². The van der Waals surface area contributed by atoms with Gasteiger partial charge in [0.05, 0.1) is 18.8 Å². The molecule has 3 rings (SSSR count). The summed E-state index contributed by atoms with van der Waals surface area (Å²) in [6.07, 6.45) is 7.16. The van der Waals surface area contributed by atoms with Crippen LogP contribution < -0.4 is 14.2 Å². The van der Waals surface area contributed by atoms with Gasteiger partial charge in [0.2, 0.25) is 0 Å². The lowest BCUT2D eigenvalue weighted by Crippen LogP contribution is -2.08. The first kappa shape index (κ1) is 24.1. The predicted molar refractivity (Wildman–Crippen MR) is 133 cm³/mol. The molecular formula is C29H32O4. The van der Waals surface area contributed by atoms with Crippen molar-refractivity contribution >= 4 is 5.97 Å². The van der Waals surface area contributed by atoms with Crippen molar-refractivity contribution in [2.45, 2.75) is 39.0 Å². The molecule has 0 heterocycles. The summed E-state index contributed by atoms with van der Waals surface area (Å²) in [4.78, 5) is 12.5. The van der Waals surface area contributed by atoms with Crippen LogP contribution >= 0.6 is 0 Å². The Hall–Kier alpha value is -3.53. The van der Waals surface area contributed by atoms with Gasteiger partial charge in [0.25, 0.3) is 0 Å². The normalized spacial score (nSPS) is 10.5. The maximum absolute atomic E-state index is 12.5. The Labute approximate surface area is 196 Å². The summed E-state index contributed by atoms with van der Waals surface area (Å²) >= 11 is 0. The van der Waals surface area contributed by atoms with Crippen LogP contribution in [-0.4, -0.2) is 19.2 Å². The largest absolute Gasteiger partial charge is 0.494 e. The molecule has 0 radical (unpaired) electrons. The molecule has 4 heteroatoms. The first-order valence-electron chi connectivity index (χ1n) is 11.6. The Balaban J connectivity index is 1.52. The summed E-state index contributed by atoms with van der Waals surface area (Å²) in [6.45, 7) is 7.25. The molecule has 0 bridgehead atoms. The standard InChI is InChI=1S/C29H32O4/c1-3-5-7-8-22-32-26-15-13-24(14-16-26)23-9-11-25(12-10-23)29(30)33-28-19-17-27(18-20-28)31-21-6-4-2/h3,9-20H,1,4-8,21-22H2,2H3. The topological polar surface area (TPSA) is 44.8 Å². The van der Waals surface area contributed by atoms with Crippen molar-refractivity contribution in [2.24, 2.45) is 0 Å². The van der Waals surface area contributed by atoms with E-state index in [9.17, 15) is 4.79 Å². The van der Waals surface area contributed by atoms with Crippen molar-refractivity contribution < 1.29 is 19.0 Å². The number of unbranched alkanes of at least 4 members (excludes halogenated alkanes) is 3. The van der Waals surface area contributed by atoms with E-state index in [0.29, 0.717) is 24.5 Å². The molecule has 172 valence electrons. The number of hydrogen-bond acceptors (Lipinski definition) is 4. The third kappa shape index (κ3) is 7.83. The fourth-order valence-corrected chi connectivity index (χ4v) is 3.23. The molecule has 0 spiro atoms. The van der Waals surface area contributed by atoms with Gasteiger partial charge < -0.3 is 14.2 Å². The highest BCUT2D eigenvalue weighted by Gasteiger charge is 2.09. The number of benzene rings is 3. The van der Waals surface area contributed by atoms with Crippen LogP contribution in [0.5, 0.6) is 17.2 Å². The summed E-state index contributed by atoms with van der Waals surface area (Å²) in [5.41, 5.74) is 2.59. The lowest BCUT2D eigenvalue weighted by molar-refractivity contribution is 0.0734. The number of carbonyl (C=O) groups excluding carboxylic acids is 1. The van der Waals surface area contributed by atoms with Crippen molar-refractivity contribution in [1.82, 2.24) is 0 Å². The van der Waals surface area contributed by atoms with Crippen LogP contribution in [0.25, 0.3) is 11.1 Å². The molecular weight excluding hydrogens is 412 g/mol. The molecule has 0 aliphatic heterocycles. The van der Waals surface area contributed by atoms with Gasteiger partial charge in [0.15, 0.2) is 0 Å². The van der Waals surface area contributed by atoms with Crippen molar-refractivity contribution in [2.75, 3.05) is 13.2 Å². The SMILES string of the molecule is C=CCCCCOc1ccc(-c2ccc(C(=O)Oc3ccc(OCCCC)cc3)cc2)cc1. The highest BCUT2D eigenvalue weighted by Crippen LogP contribution is 2.24. The summed E-state index contributed by atoms with van der Waals surface area (Å²) in [6, 6.07) is 22.5. The third-order valence-electron chi connectivity index (χ3n) is 5.18. The van der Waals surface area contributed by atoms with E-state index in [0.717, 1.165) is 54.7 Å². The molecule has 0 atom stereocenters. The second-order valence-electron chi connectivity index (χ2n) is 7.80. The molecule has 0 saturated carbocycles. The minimum absolute atomic E-state index is 0.388. The van der Waals surface area contributed by atoms with Gasteiger partial charge >= 0.3 is 5.97 Å². The second-order valence-corrected chi connectivity index (χ2v) is 7.80. The Morgan fingerprint density at radius 2 is 1.24 bits per heavy atom. The number of ether oxygens (including phenoxy) is 3. The zero-order valence-electron chi connectivity index (χ0n) is 19.3. The van der Waals surface area contributed by atoms with Crippen molar-refractivity contribution in [1.29, 1.82) is 0 Å². The van der Waals surface area contributed by atoms with Crippen LogP contribution in [0.3, 0.4) is 0 Å². The van der Waals surface area contributed by atoms with E-state index in [1.165, 1.54) is 0 Å². The summed E-state index contributed by atoms with van der Waals surface area (Å²) < 4.78 is 16.9. The molecule has 33 heavy (non-hydrogen) atoms. The van der Waals surface area contributed by atoms with E-state index in [1.54, 1.807) is 24.3 Å². The van der Waals surface area contributed by atoms with Gasteiger partial charge in [0.1, 0.15) is 17.2 Å². The van der Waals surface area contributed by atoms with Crippen molar-refractivity contribution in [3.05, 3.63) is 91.0 Å². The fourth-order valence-electron chi connectivity index (χ4n) is 3.23. The Morgan fingerprint density at radius 1 is 0.727 bits per heavy atom. The maximum Gasteiger partial charge on any atom is 0.343 e.